The molecule has 0 aliphatic heterocycles. The molecule has 1 N–H and O–H groups in total. The highest BCUT2D eigenvalue weighted by Gasteiger charge is 2.08. The van der Waals surface area contributed by atoms with Crippen LogP contribution in [0.5, 0.6) is 0 Å². The van der Waals surface area contributed by atoms with Crippen LogP contribution >= 0.6 is 15.9 Å². The monoisotopic (exact) mass is 272 g/mol. The maximum atomic E-state index is 11.9. The van der Waals surface area contributed by atoms with E-state index in [0.29, 0.717) is 4.57 Å². The van der Waals surface area contributed by atoms with E-state index in [9.17, 15) is 9.59 Å². The maximum absolute atomic E-state index is 11.9. The minimum atomic E-state index is -2.70. The lowest BCUT2D eigenvalue weighted by molar-refractivity contribution is 0.866. The van der Waals surface area contributed by atoms with Gasteiger partial charge in [0.15, 0.2) is 0 Å². The van der Waals surface area contributed by atoms with Crippen LogP contribution < -0.4 is 11.1 Å². The normalized spacial score (nSPS) is 14.7. The fourth-order valence-electron chi connectivity index (χ4n) is 1.27. The number of aryl methyl sites for hydroxylation is 2. The topological polar surface area (TPSA) is 67.8 Å². The van der Waals surface area contributed by atoms with Crippen LogP contribution in [0.4, 0.5) is 0 Å². The van der Waals surface area contributed by atoms with E-state index in [2.05, 4.69) is 25.9 Å². The first-order chi connectivity index (χ1) is 8.21. The molecule has 0 aliphatic rings. The molecule has 0 radical (unpaired) electrons. The maximum Gasteiger partial charge on any atom is 0.266 e. The largest absolute Gasteiger partial charge is 0.310 e. The fourth-order valence-corrected chi connectivity index (χ4v) is 1.68. The number of nitrogens with zero attached hydrogens (tertiary/aromatic N) is 2. The molecular weight excluding hydrogens is 262 g/mol. The molecule has 0 saturated carbocycles. The van der Waals surface area contributed by atoms with Crippen molar-refractivity contribution in [1.29, 1.82) is 0 Å². The molecule has 15 heavy (non-hydrogen) atoms. The Hall–Kier alpha value is -1.43. The number of aromatic nitrogens is 3. The first-order valence-electron chi connectivity index (χ1n) is 5.54. The van der Waals surface area contributed by atoms with Crippen molar-refractivity contribution >= 4 is 27.0 Å². The van der Waals surface area contributed by atoms with Gasteiger partial charge in [0, 0.05) is 11.1 Å². The smallest absolute Gasteiger partial charge is 0.266 e. The third kappa shape index (κ3) is 1.50. The quantitative estimate of drug-likeness (QED) is 0.768. The molecule has 5 nitrogen and oxygen atoms in total. The van der Waals surface area contributed by atoms with Gasteiger partial charge in [-0.2, -0.15) is 0 Å². The summed E-state index contributed by atoms with van der Waals surface area (Å²) in [6.07, 6.45) is 0. The van der Waals surface area contributed by atoms with E-state index in [4.69, 9.17) is 4.11 Å². The number of H-pyrrole nitrogens is 1. The summed E-state index contributed by atoms with van der Waals surface area (Å²) in [6, 6.07) is 1.27. The van der Waals surface area contributed by atoms with E-state index >= 15 is 0 Å². The molecule has 0 aromatic carbocycles. The van der Waals surface area contributed by atoms with Crippen LogP contribution in [0.1, 0.15) is 9.94 Å². The summed E-state index contributed by atoms with van der Waals surface area (Å²) in [5.41, 5.74) is -1.39. The summed E-state index contributed by atoms with van der Waals surface area (Å²) in [5, 5.41) is 0.0446. The second kappa shape index (κ2) is 3.30. The highest BCUT2D eigenvalue weighted by molar-refractivity contribution is 9.10. The number of nitrogens with one attached hydrogen (secondary N) is 1. The van der Waals surface area contributed by atoms with Crippen LogP contribution in [-0.2, 0) is 6.98 Å². The molecule has 2 heterocycles. The van der Waals surface area contributed by atoms with Crippen LogP contribution in [0.25, 0.3) is 11.0 Å². The molecule has 0 fully saturated rings. The van der Waals surface area contributed by atoms with Gasteiger partial charge in [-0.15, -0.1) is 0 Å². The molecular formula is C9H8BrN3O2. The molecule has 2 rings (SSSR count). The summed E-state index contributed by atoms with van der Waals surface area (Å²) < 4.78 is 22.6. The molecule has 0 saturated heterocycles. The van der Waals surface area contributed by atoms with Crippen molar-refractivity contribution in [3.63, 3.8) is 0 Å². The molecule has 0 spiro atoms. The lowest BCUT2D eigenvalue weighted by Gasteiger charge is -2.04. The van der Waals surface area contributed by atoms with E-state index < -0.39 is 18.1 Å². The standard InChI is InChI=1S/C9H8BrN3O2/c1-4-11-7-5(8(14)12-4)3-6(10)9(15)13(7)2/h3H,1-2H3,(H,11,12,14)/i2D3. The molecule has 0 aliphatic carbocycles. The van der Waals surface area contributed by atoms with Crippen molar-refractivity contribution in [2.45, 2.75) is 6.92 Å². The summed E-state index contributed by atoms with van der Waals surface area (Å²) in [7, 11) is 0. The van der Waals surface area contributed by atoms with Crippen molar-refractivity contribution in [2.75, 3.05) is 0 Å². The second-order valence-electron chi connectivity index (χ2n) is 3.02. The van der Waals surface area contributed by atoms with E-state index in [-0.39, 0.29) is 21.3 Å². The predicted molar refractivity (Wildman–Crippen MR) is 60.0 cm³/mol. The zero-order valence-electron chi connectivity index (χ0n) is 10.7. The molecule has 2 aromatic rings. The number of fused-ring (bicyclic) bond motifs is 1. The summed E-state index contributed by atoms with van der Waals surface area (Å²) in [6.45, 7) is -1.19. The lowest BCUT2D eigenvalue weighted by Crippen LogP contribution is -2.22. The highest BCUT2D eigenvalue weighted by atomic mass is 79.9. The Balaban J connectivity index is 3.13. The molecule has 0 bridgehead atoms. The zero-order chi connectivity index (χ0) is 13.7. The van der Waals surface area contributed by atoms with Gasteiger partial charge in [-0.1, -0.05) is 0 Å². The number of halogens is 1. The van der Waals surface area contributed by atoms with Gasteiger partial charge in [0.1, 0.15) is 11.5 Å². The number of pyridine rings is 1. The number of aromatic amines is 1. The van der Waals surface area contributed by atoms with E-state index in [1.807, 2.05) is 0 Å². The van der Waals surface area contributed by atoms with Crippen LogP contribution in [0.3, 0.4) is 0 Å². The minimum absolute atomic E-state index is 0.00211. The molecule has 6 heteroatoms. The van der Waals surface area contributed by atoms with E-state index in [1.54, 1.807) is 0 Å². The molecule has 0 amide bonds. The van der Waals surface area contributed by atoms with Gasteiger partial charge in [-0.3, -0.25) is 14.2 Å². The van der Waals surface area contributed by atoms with Crippen LogP contribution in [0.15, 0.2) is 20.1 Å². The van der Waals surface area contributed by atoms with Crippen molar-refractivity contribution in [1.82, 2.24) is 14.5 Å². The second-order valence-corrected chi connectivity index (χ2v) is 3.88. The van der Waals surface area contributed by atoms with Crippen molar-refractivity contribution in [3.8, 4) is 0 Å². The van der Waals surface area contributed by atoms with E-state index in [0.717, 1.165) is 0 Å². The summed E-state index contributed by atoms with van der Waals surface area (Å²) >= 11 is 2.95. The number of hydrogen-bond acceptors (Lipinski definition) is 3. The Morgan fingerprint density at radius 3 is 3.00 bits per heavy atom. The predicted octanol–water partition coefficient (Wildman–Crippen LogP) is 0.693. The van der Waals surface area contributed by atoms with Gasteiger partial charge >= 0.3 is 0 Å². The van der Waals surface area contributed by atoms with Crippen molar-refractivity contribution < 1.29 is 4.11 Å². The molecule has 0 atom stereocenters. The third-order valence-electron chi connectivity index (χ3n) is 1.94. The average Bonchev–Trinajstić information content (AvgIpc) is 2.19. The SMILES string of the molecule is [2H]C([2H])([2H])n1c(=O)c(Br)cc2c(=O)[nH]c(C)nc21. The number of rotatable bonds is 0. The van der Waals surface area contributed by atoms with Gasteiger partial charge in [-0.05, 0) is 28.9 Å². The summed E-state index contributed by atoms with van der Waals surface area (Å²) in [5.74, 6) is 0.243. The van der Waals surface area contributed by atoms with Gasteiger partial charge < -0.3 is 4.98 Å². The first-order valence-corrected chi connectivity index (χ1v) is 4.84. The molecule has 78 valence electrons. The Kier molecular flexibility index (Phi) is 1.53. The van der Waals surface area contributed by atoms with Gasteiger partial charge in [-0.25, -0.2) is 4.98 Å². The Labute approximate surface area is 97.1 Å². The summed E-state index contributed by atoms with van der Waals surface area (Å²) in [4.78, 5) is 30.0. The van der Waals surface area contributed by atoms with Crippen LogP contribution in [-0.4, -0.2) is 14.5 Å². The van der Waals surface area contributed by atoms with Crippen LogP contribution in [0, 0.1) is 6.92 Å². The average molecular weight is 273 g/mol. The minimum Gasteiger partial charge on any atom is -0.310 e. The van der Waals surface area contributed by atoms with Gasteiger partial charge in [0.2, 0.25) is 0 Å². The zero-order valence-corrected chi connectivity index (χ0v) is 9.25. The van der Waals surface area contributed by atoms with Crippen molar-refractivity contribution in [3.05, 3.63) is 37.1 Å². The van der Waals surface area contributed by atoms with Crippen molar-refractivity contribution in [2.24, 2.45) is 6.98 Å². The highest BCUT2D eigenvalue weighted by Crippen LogP contribution is 2.09. The fraction of sp³-hybridized carbons (Fsp3) is 0.222. The number of hydrogen-bond donors (Lipinski definition) is 1. The Morgan fingerprint density at radius 2 is 2.33 bits per heavy atom. The third-order valence-corrected chi connectivity index (χ3v) is 2.51. The van der Waals surface area contributed by atoms with Gasteiger partial charge in [0.05, 0.1) is 9.86 Å². The molecule has 2 aromatic heterocycles. The molecule has 0 unspecified atom stereocenters. The van der Waals surface area contributed by atoms with Crippen LogP contribution in [0.2, 0.25) is 0 Å². The van der Waals surface area contributed by atoms with Gasteiger partial charge in [0.25, 0.3) is 11.1 Å². The Morgan fingerprint density at radius 1 is 1.60 bits per heavy atom. The van der Waals surface area contributed by atoms with E-state index in [1.165, 1.54) is 13.0 Å². The Bertz CT molecular complexity index is 748. The lowest BCUT2D eigenvalue weighted by atomic mass is 10.3. The first kappa shape index (κ1) is 6.95.